The summed E-state index contributed by atoms with van der Waals surface area (Å²) in [6.07, 6.45) is 0.850. The number of aromatic nitrogens is 1. The lowest BCUT2D eigenvalue weighted by molar-refractivity contribution is -0.152. The SMILES string of the molecule is C[C@@H]1CNc2c(sc3ccc4nc(-c5ccc(N6CCN(C(=O)C(=O)N7CCN(c8ccc(C9CCC(=O)NC9=O)cc8)CC7)CC6)cc5)ccc4c23)C(=O)N1. The predicted molar refractivity (Wildman–Crippen MR) is 217 cm³/mol. The van der Waals surface area contributed by atoms with Gasteiger partial charge in [0.25, 0.3) is 5.91 Å². The summed E-state index contributed by atoms with van der Waals surface area (Å²) in [4.78, 5) is 76.7. The van der Waals surface area contributed by atoms with E-state index in [1.54, 1.807) is 9.80 Å². The molecule has 0 radical (unpaired) electrons. The Morgan fingerprint density at radius 1 is 0.750 bits per heavy atom. The minimum absolute atomic E-state index is 0.0426. The fourth-order valence-electron chi connectivity index (χ4n) is 8.26. The molecule has 56 heavy (non-hydrogen) atoms. The Bertz CT molecular complexity index is 2380. The molecule has 3 aromatic carbocycles. The zero-order valence-corrected chi connectivity index (χ0v) is 31.9. The normalized spacial score (nSPS) is 20.3. The van der Waals surface area contributed by atoms with E-state index in [1.807, 2.05) is 49.4 Å². The van der Waals surface area contributed by atoms with Gasteiger partial charge >= 0.3 is 11.8 Å². The van der Waals surface area contributed by atoms with Crippen LogP contribution in [0.5, 0.6) is 0 Å². The van der Waals surface area contributed by atoms with Crippen molar-refractivity contribution in [3.63, 3.8) is 0 Å². The van der Waals surface area contributed by atoms with Crippen molar-refractivity contribution >= 4 is 78.9 Å². The number of hydrogen-bond donors (Lipinski definition) is 3. The van der Waals surface area contributed by atoms with Crippen molar-refractivity contribution in [3.8, 4) is 11.3 Å². The second-order valence-corrected chi connectivity index (χ2v) is 16.0. The van der Waals surface area contributed by atoms with Crippen LogP contribution in [0.2, 0.25) is 0 Å². The molecule has 2 aromatic heterocycles. The third-order valence-corrected chi connectivity index (χ3v) is 12.6. The first kappa shape index (κ1) is 35.7. The van der Waals surface area contributed by atoms with Gasteiger partial charge in [-0.1, -0.05) is 24.3 Å². The summed E-state index contributed by atoms with van der Waals surface area (Å²) in [5, 5.41) is 11.0. The third-order valence-electron chi connectivity index (χ3n) is 11.4. The average molecular weight is 771 g/mol. The van der Waals surface area contributed by atoms with Gasteiger partial charge in [-0.25, -0.2) is 4.98 Å². The lowest BCUT2D eigenvalue weighted by atomic mass is 9.90. The van der Waals surface area contributed by atoms with Gasteiger partial charge < -0.3 is 30.2 Å². The number of anilines is 3. The molecule has 14 heteroatoms. The van der Waals surface area contributed by atoms with E-state index in [2.05, 4.69) is 56.1 Å². The summed E-state index contributed by atoms with van der Waals surface area (Å²) in [6, 6.07) is 24.4. The number of imide groups is 1. The zero-order valence-electron chi connectivity index (χ0n) is 31.0. The fraction of sp³-hybridized carbons (Fsp3) is 0.333. The summed E-state index contributed by atoms with van der Waals surface area (Å²) in [5.74, 6) is -1.75. The molecule has 3 fully saturated rings. The monoisotopic (exact) mass is 770 g/mol. The molecule has 4 aliphatic heterocycles. The molecule has 3 saturated heterocycles. The van der Waals surface area contributed by atoms with E-state index in [9.17, 15) is 24.0 Å². The maximum absolute atomic E-state index is 13.3. The van der Waals surface area contributed by atoms with Crippen LogP contribution in [0.4, 0.5) is 17.1 Å². The van der Waals surface area contributed by atoms with E-state index in [4.69, 9.17) is 4.98 Å². The van der Waals surface area contributed by atoms with E-state index in [0.29, 0.717) is 76.6 Å². The van der Waals surface area contributed by atoms with Crippen LogP contribution in [0, 0.1) is 0 Å². The van der Waals surface area contributed by atoms with Crippen LogP contribution in [-0.2, 0) is 19.2 Å². The van der Waals surface area contributed by atoms with Gasteiger partial charge in [0.1, 0.15) is 4.88 Å². The topological polar surface area (TPSA) is 147 Å². The number of hydrogen-bond acceptors (Lipinski definition) is 10. The van der Waals surface area contributed by atoms with Crippen molar-refractivity contribution in [2.24, 2.45) is 0 Å². The van der Waals surface area contributed by atoms with E-state index in [0.717, 1.165) is 54.9 Å². The molecule has 4 aliphatic rings. The second-order valence-electron chi connectivity index (χ2n) is 15.0. The molecule has 5 aromatic rings. The first-order valence-electron chi connectivity index (χ1n) is 19.2. The van der Waals surface area contributed by atoms with Crippen molar-refractivity contribution in [1.82, 2.24) is 25.4 Å². The summed E-state index contributed by atoms with van der Waals surface area (Å²) < 4.78 is 1.05. The van der Waals surface area contributed by atoms with Gasteiger partial charge in [0.15, 0.2) is 0 Å². The first-order valence-corrected chi connectivity index (χ1v) is 20.0. The van der Waals surface area contributed by atoms with Gasteiger partial charge in [-0.15, -0.1) is 11.3 Å². The maximum atomic E-state index is 13.3. The Labute approximate surface area is 327 Å². The fourth-order valence-corrected chi connectivity index (χ4v) is 9.36. The molecule has 1 unspecified atom stereocenters. The number of pyridine rings is 1. The third kappa shape index (κ3) is 6.67. The number of rotatable bonds is 4. The maximum Gasteiger partial charge on any atom is 0.312 e. The van der Waals surface area contributed by atoms with Gasteiger partial charge in [0, 0.05) is 104 Å². The van der Waals surface area contributed by atoms with Crippen LogP contribution in [-0.4, -0.2) is 109 Å². The highest BCUT2D eigenvalue weighted by Gasteiger charge is 2.32. The highest BCUT2D eigenvalue weighted by Crippen LogP contribution is 2.41. The van der Waals surface area contributed by atoms with Crippen LogP contribution in [0.3, 0.4) is 0 Å². The lowest BCUT2D eigenvalue weighted by Crippen LogP contribution is -2.56. The highest BCUT2D eigenvalue weighted by molar-refractivity contribution is 7.21. The zero-order chi connectivity index (χ0) is 38.5. The molecule has 0 saturated carbocycles. The summed E-state index contributed by atoms with van der Waals surface area (Å²) >= 11 is 1.50. The minimum Gasteiger partial charge on any atom is -0.381 e. The number of nitrogens with zero attached hydrogens (tertiary/aromatic N) is 5. The second kappa shape index (κ2) is 14.6. The number of nitrogens with one attached hydrogen (secondary N) is 3. The lowest BCUT2D eigenvalue weighted by Gasteiger charge is -2.39. The number of carbonyl (C=O) groups excluding carboxylic acids is 5. The Morgan fingerprint density at radius 3 is 2.00 bits per heavy atom. The summed E-state index contributed by atoms with van der Waals surface area (Å²) in [6.45, 7) is 6.95. The molecule has 0 aliphatic carbocycles. The van der Waals surface area contributed by atoms with Crippen LogP contribution in [0.25, 0.3) is 32.2 Å². The number of thiophene rings is 1. The molecule has 5 amide bonds. The first-order chi connectivity index (χ1) is 27.2. The van der Waals surface area contributed by atoms with Crippen LogP contribution in [0.1, 0.15) is 40.9 Å². The van der Waals surface area contributed by atoms with Crippen molar-refractivity contribution in [2.75, 3.05) is 74.0 Å². The number of benzene rings is 3. The Balaban J connectivity index is 0.785. The number of carbonyl (C=O) groups is 5. The smallest absolute Gasteiger partial charge is 0.312 e. The van der Waals surface area contributed by atoms with E-state index >= 15 is 0 Å². The van der Waals surface area contributed by atoms with Crippen molar-refractivity contribution in [2.45, 2.75) is 31.7 Å². The molecule has 6 heterocycles. The van der Waals surface area contributed by atoms with Gasteiger partial charge in [0.05, 0.1) is 22.8 Å². The van der Waals surface area contributed by atoms with Gasteiger partial charge in [0.2, 0.25) is 11.8 Å². The van der Waals surface area contributed by atoms with Crippen molar-refractivity contribution < 1.29 is 24.0 Å². The summed E-state index contributed by atoms with van der Waals surface area (Å²) in [7, 11) is 0. The van der Waals surface area contributed by atoms with Crippen LogP contribution in [0.15, 0.2) is 72.8 Å². The summed E-state index contributed by atoms with van der Waals surface area (Å²) in [5.41, 5.74) is 6.54. The standard InChI is InChI=1S/C42H42N8O5S/c1-25-24-43-37-36-31-10-12-32(45-33(31)13-14-34(36)56-38(37)40(53)44-25)27-4-8-29(9-5-27)48-18-22-50(23-19-48)42(55)41(54)49-20-16-47(17-21-49)28-6-2-26(3-7-28)30-11-15-35(51)46-39(30)52/h2-10,12-14,25,30,43H,11,15-24H2,1H3,(H,44,53)(H,46,51,52)/t25-,30?/m1/s1. The molecule has 9 rings (SSSR count). The van der Waals surface area contributed by atoms with Gasteiger partial charge in [-0.05, 0) is 67.4 Å². The molecule has 2 atom stereocenters. The predicted octanol–water partition coefficient (Wildman–Crippen LogP) is 4.18. The van der Waals surface area contributed by atoms with E-state index in [1.165, 1.54) is 11.3 Å². The van der Waals surface area contributed by atoms with Crippen molar-refractivity contribution in [3.05, 3.63) is 83.2 Å². The molecule has 286 valence electrons. The van der Waals surface area contributed by atoms with Crippen molar-refractivity contribution in [1.29, 1.82) is 0 Å². The van der Waals surface area contributed by atoms with Gasteiger partial charge in [-0.3, -0.25) is 29.3 Å². The Hall–Kier alpha value is -6.02. The average Bonchev–Trinajstić information content (AvgIpc) is 3.55. The Kier molecular flexibility index (Phi) is 9.28. The molecule has 0 bridgehead atoms. The quantitative estimate of drug-likeness (QED) is 0.181. The minimum atomic E-state index is -0.454. The molecule has 13 nitrogen and oxygen atoms in total. The number of piperidine rings is 1. The highest BCUT2D eigenvalue weighted by atomic mass is 32.1. The van der Waals surface area contributed by atoms with E-state index < -0.39 is 11.8 Å². The number of piperazine rings is 2. The molecule has 0 spiro atoms. The van der Waals surface area contributed by atoms with Crippen LogP contribution < -0.4 is 25.8 Å². The Morgan fingerprint density at radius 2 is 1.38 bits per heavy atom. The number of amides is 5. The molecular weight excluding hydrogens is 729 g/mol. The van der Waals surface area contributed by atoms with Gasteiger partial charge in [-0.2, -0.15) is 0 Å². The largest absolute Gasteiger partial charge is 0.381 e. The van der Waals surface area contributed by atoms with E-state index in [-0.39, 0.29) is 29.7 Å². The molecular formula is C42H42N8O5S. The molecule has 3 N–H and O–H groups in total. The number of fused-ring (bicyclic) bond motifs is 5. The van der Waals surface area contributed by atoms with Crippen LogP contribution >= 0.6 is 11.3 Å².